The van der Waals surface area contributed by atoms with Gasteiger partial charge in [-0.25, -0.2) is 0 Å². The highest BCUT2D eigenvalue weighted by Crippen LogP contribution is 2.14. The van der Waals surface area contributed by atoms with E-state index in [0.29, 0.717) is 18.9 Å². The summed E-state index contributed by atoms with van der Waals surface area (Å²) in [6.45, 7) is 3.71. The van der Waals surface area contributed by atoms with Crippen LogP contribution in [0.15, 0.2) is 30.3 Å². The molecule has 1 aromatic rings. The summed E-state index contributed by atoms with van der Waals surface area (Å²) in [4.78, 5) is 13.9. The second kappa shape index (κ2) is 11.6. The van der Waals surface area contributed by atoms with Crippen molar-refractivity contribution in [3.63, 3.8) is 0 Å². The predicted octanol–water partition coefficient (Wildman–Crippen LogP) is 2.47. The highest BCUT2D eigenvalue weighted by atomic mass is 35.5. The molecule has 1 aromatic carbocycles. The van der Waals surface area contributed by atoms with Crippen molar-refractivity contribution < 1.29 is 4.79 Å². The minimum Gasteiger partial charge on any atom is -0.373 e. The van der Waals surface area contributed by atoms with Crippen LogP contribution in [0.3, 0.4) is 0 Å². The summed E-state index contributed by atoms with van der Waals surface area (Å²) in [5.74, 6) is 0.867. The Hall–Kier alpha value is -0.970. The molecule has 0 spiro atoms. The smallest absolute Gasteiger partial charge is 0.220 e. The molecule has 1 unspecified atom stereocenters. The number of rotatable bonds is 7. The average molecular weight is 348 g/mol. The van der Waals surface area contributed by atoms with Crippen LogP contribution in [0.5, 0.6) is 0 Å². The van der Waals surface area contributed by atoms with Crippen molar-refractivity contribution in [3.05, 3.63) is 30.3 Å². The lowest BCUT2D eigenvalue weighted by molar-refractivity contribution is -0.121. The number of anilines is 1. The summed E-state index contributed by atoms with van der Waals surface area (Å²) in [5.41, 5.74) is 1.18. The lowest BCUT2D eigenvalue weighted by Gasteiger charge is -2.19. The van der Waals surface area contributed by atoms with Crippen molar-refractivity contribution >= 4 is 36.4 Å². The maximum atomic E-state index is 11.8. The van der Waals surface area contributed by atoms with Gasteiger partial charge in [0.15, 0.2) is 0 Å². The molecule has 1 aliphatic heterocycles. The number of para-hydroxylation sites is 1. The van der Waals surface area contributed by atoms with Gasteiger partial charge in [-0.2, -0.15) is 0 Å². The van der Waals surface area contributed by atoms with Gasteiger partial charge in [-0.15, -0.1) is 24.8 Å². The highest BCUT2D eigenvalue weighted by Gasteiger charge is 2.15. The van der Waals surface area contributed by atoms with Gasteiger partial charge in [-0.3, -0.25) is 4.79 Å². The van der Waals surface area contributed by atoms with Crippen LogP contribution < -0.4 is 15.5 Å². The first-order valence-corrected chi connectivity index (χ1v) is 7.49. The number of carbonyl (C=O) groups is 1. The van der Waals surface area contributed by atoms with Crippen LogP contribution >= 0.6 is 24.8 Å². The molecule has 1 heterocycles. The molecule has 6 heteroatoms. The minimum absolute atomic E-state index is 0. The molecule has 4 nitrogen and oxygen atoms in total. The van der Waals surface area contributed by atoms with Crippen LogP contribution in [-0.2, 0) is 4.79 Å². The lowest BCUT2D eigenvalue weighted by atomic mass is 10.0. The summed E-state index contributed by atoms with van der Waals surface area (Å²) in [5, 5.41) is 6.34. The van der Waals surface area contributed by atoms with Gasteiger partial charge in [0, 0.05) is 32.2 Å². The summed E-state index contributed by atoms with van der Waals surface area (Å²) in [6.07, 6.45) is 2.87. The second-order valence-corrected chi connectivity index (χ2v) is 5.50. The van der Waals surface area contributed by atoms with Crippen molar-refractivity contribution in [2.24, 2.45) is 5.92 Å². The Morgan fingerprint density at radius 1 is 1.32 bits per heavy atom. The molecule has 1 atom stereocenters. The molecule has 2 N–H and O–H groups in total. The topological polar surface area (TPSA) is 44.4 Å². The fourth-order valence-electron chi connectivity index (χ4n) is 2.56. The van der Waals surface area contributed by atoms with E-state index in [1.165, 1.54) is 12.1 Å². The van der Waals surface area contributed by atoms with Gasteiger partial charge in [0.2, 0.25) is 5.91 Å². The standard InChI is InChI=1S/C16H25N3O.2ClH/c1-19(15-5-3-2-4-6-15)12-11-18-16(20)8-7-14-9-10-17-13-14;;/h2-6,14,17H,7-13H2,1H3,(H,18,20);2*1H. The summed E-state index contributed by atoms with van der Waals surface area (Å²) in [6, 6.07) is 10.2. The Labute approximate surface area is 145 Å². The van der Waals surface area contributed by atoms with E-state index in [0.717, 1.165) is 26.1 Å². The molecule has 126 valence electrons. The number of carbonyl (C=O) groups excluding carboxylic acids is 1. The molecule has 1 aliphatic rings. The number of halogens is 2. The third-order valence-corrected chi connectivity index (χ3v) is 3.91. The summed E-state index contributed by atoms with van der Waals surface area (Å²) >= 11 is 0. The molecular weight excluding hydrogens is 321 g/mol. The molecule has 0 radical (unpaired) electrons. The first-order valence-electron chi connectivity index (χ1n) is 7.49. The Balaban J connectivity index is 0.00000220. The number of nitrogens with one attached hydrogen (secondary N) is 2. The van der Waals surface area contributed by atoms with Gasteiger partial charge in [0.05, 0.1) is 0 Å². The first-order chi connectivity index (χ1) is 9.75. The lowest BCUT2D eigenvalue weighted by Crippen LogP contribution is -2.33. The monoisotopic (exact) mass is 347 g/mol. The number of hydrogen-bond donors (Lipinski definition) is 2. The van der Waals surface area contributed by atoms with Crippen LogP contribution in [0.4, 0.5) is 5.69 Å². The van der Waals surface area contributed by atoms with Crippen LogP contribution in [0.25, 0.3) is 0 Å². The van der Waals surface area contributed by atoms with Gasteiger partial charge in [-0.05, 0) is 44.0 Å². The molecule has 1 amide bonds. The summed E-state index contributed by atoms with van der Waals surface area (Å²) in [7, 11) is 2.05. The third-order valence-electron chi connectivity index (χ3n) is 3.91. The number of benzene rings is 1. The third kappa shape index (κ3) is 7.34. The van der Waals surface area contributed by atoms with Crippen molar-refractivity contribution in [1.82, 2.24) is 10.6 Å². The van der Waals surface area contributed by atoms with E-state index in [-0.39, 0.29) is 30.7 Å². The largest absolute Gasteiger partial charge is 0.373 e. The zero-order valence-corrected chi connectivity index (χ0v) is 14.7. The molecule has 0 bridgehead atoms. The summed E-state index contributed by atoms with van der Waals surface area (Å²) < 4.78 is 0. The second-order valence-electron chi connectivity index (χ2n) is 5.50. The van der Waals surface area contributed by atoms with Crippen molar-refractivity contribution in [1.29, 1.82) is 0 Å². The Kier molecular flexibility index (Phi) is 11.1. The van der Waals surface area contributed by atoms with E-state index in [1.54, 1.807) is 0 Å². The maximum absolute atomic E-state index is 11.8. The maximum Gasteiger partial charge on any atom is 0.220 e. The van der Waals surface area contributed by atoms with E-state index < -0.39 is 0 Å². The molecule has 0 aromatic heterocycles. The van der Waals surface area contributed by atoms with Gasteiger partial charge >= 0.3 is 0 Å². The average Bonchev–Trinajstić information content (AvgIpc) is 2.99. The molecule has 0 saturated carbocycles. The zero-order valence-electron chi connectivity index (χ0n) is 13.1. The Morgan fingerprint density at radius 2 is 2.05 bits per heavy atom. The Bertz CT molecular complexity index is 411. The van der Waals surface area contributed by atoms with Gasteiger partial charge < -0.3 is 15.5 Å². The predicted molar refractivity (Wildman–Crippen MR) is 97.4 cm³/mol. The molecule has 22 heavy (non-hydrogen) atoms. The van der Waals surface area contributed by atoms with Crippen molar-refractivity contribution in [2.45, 2.75) is 19.3 Å². The van der Waals surface area contributed by atoms with E-state index in [2.05, 4.69) is 27.7 Å². The SMILES string of the molecule is CN(CCNC(=O)CCC1CCNC1)c1ccccc1.Cl.Cl. The van der Waals surface area contributed by atoms with E-state index in [1.807, 2.05) is 25.2 Å². The van der Waals surface area contributed by atoms with Crippen LogP contribution in [0.2, 0.25) is 0 Å². The van der Waals surface area contributed by atoms with Crippen LogP contribution in [-0.4, -0.2) is 39.1 Å². The molecule has 1 saturated heterocycles. The number of likely N-dealkylation sites (N-methyl/N-ethyl adjacent to an activating group) is 1. The molecule has 2 rings (SSSR count). The van der Waals surface area contributed by atoms with Gasteiger partial charge in [0.25, 0.3) is 0 Å². The molecule has 1 fully saturated rings. The van der Waals surface area contributed by atoms with Gasteiger partial charge in [0.1, 0.15) is 0 Å². The fourth-order valence-corrected chi connectivity index (χ4v) is 2.56. The van der Waals surface area contributed by atoms with Crippen molar-refractivity contribution in [2.75, 3.05) is 38.1 Å². The minimum atomic E-state index is 0. The van der Waals surface area contributed by atoms with Crippen LogP contribution in [0.1, 0.15) is 19.3 Å². The molecular formula is C16H27Cl2N3O. The van der Waals surface area contributed by atoms with E-state index >= 15 is 0 Å². The molecule has 0 aliphatic carbocycles. The fraction of sp³-hybridized carbons (Fsp3) is 0.562. The number of hydrogen-bond acceptors (Lipinski definition) is 3. The first kappa shape index (κ1) is 21.0. The zero-order chi connectivity index (χ0) is 14.2. The van der Waals surface area contributed by atoms with E-state index in [4.69, 9.17) is 0 Å². The van der Waals surface area contributed by atoms with E-state index in [9.17, 15) is 4.79 Å². The number of amides is 1. The van der Waals surface area contributed by atoms with Gasteiger partial charge in [-0.1, -0.05) is 18.2 Å². The number of nitrogens with zero attached hydrogens (tertiary/aromatic N) is 1. The van der Waals surface area contributed by atoms with Crippen molar-refractivity contribution in [3.8, 4) is 0 Å². The Morgan fingerprint density at radius 3 is 2.68 bits per heavy atom. The highest BCUT2D eigenvalue weighted by molar-refractivity contribution is 5.85. The normalized spacial score (nSPS) is 16.3. The van der Waals surface area contributed by atoms with Crippen LogP contribution in [0, 0.1) is 5.92 Å². The quantitative estimate of drug-likeness (QED) is 0.796.